The quantitative estimate of drug-likeness (QED) is 0.915. The molecule has 2 rings (SSSR count). The van der Waals surface area contributed by atoms with Gasteiger partial charge in [-0.15, -0.1) is 0 Å². The maximum atomic E-state index is 13.1. The first-order valence-corrected chi connectivity index (χ1v) is 6.67. The van der Waals surface area contributed by atoms with E-state index in [1.54, 1.807) is 12.1 Å². The Morgan fingerprint density at radius 2 is 1.61 bits per heavy atom. The van der Waals surface area contributed by atoms with Gasteiger partial charge >= 0.3 is 0 Å². The van der Waals surface area contributed by atoms with E-state index in [0.717, 1.165) is 16.5 Å². The molecule has 0 saturated carbocycles. The van der Waals surface area contributed by atoms with Crippen molar-refractivity contribution in [2.75, 3.05) is 0 Å². The van der Waals surface area contributed by atoms with E-state index >= 15 is 0 Å². The van der Waals surface area contributed by atoms with Crippen molar-refractivity contribution in [3.05, 3.63) is 69.9 Å². The fraction of sp³-hybridized carbons (Fsp3) is 0.200. The van der Waals surface area contributed by atoms with E-state index in [1.807, 2.05) is 18.2 Å². The predicted octanol–water partition coefficient (Wildman–Crippen LogP) is 3.70. The SMILES string of the molecule is NC(Cc1cccc(F)c1)Cc1cccc(Br)c1. The highest BCUT2D eigenvalue weighted by molar-refractivity contribution is 9.10. The van der Waals surface area contributed by atoms with E-state index < -0.39 is 0 Å². The minimum Gasteiger partial charge on any atom is -0.327 e. The molecule has 0 bridgehead atoms. The number of rotatable bonds is 4. The molecule has 0 fully saturated rings. The lowest BCUT2D eigenvalue weighted by Gasteiger charge is -2.12. The first kappa shape index (κ1) is 13.2. The summed E-state index contributed by atoms with van der Waals surface area (Å²) in [7, 11) is 0. The van der Waals surface area contributed by atoms with Crippen molar-refractivity contribution in [3.8, 4) is 0 Å². The van der Waals surface area contributed by atoms with Crippen LogP contribution in [0, 0.1) is 5.82 Å². The summed E-state index contributed by atoms with van der Waals surface area (Å²) in [6.07, 6.45) is 1.47. The van der Waals surface area contributed by atoms with Crippen molar-refractivity contribution in [1.29, 1.82) is 0 Å². The number of hydrogen-bond donors (Lipinski definition) is 1. The van der Waals surface area contributed by atoms with Crippen LogP contribution in [-0.4, -0.2) is 6.04 Å². The highest BCUT2D eigenvalue weighted by atomic mass is 79.9. The van der Waals surface area contributed by atoms with Gasteiger partial charge in [0, 0.05) is 10.5 Å². The van der Waals surface area contributed by atoms with Crippen LogP contribution in [0.3, 0.4) is 0 Å². The van der Waals surface area contributed by atoms with Gasteiger partial charge in [0.15, 0.2) is 0 Å². The molecule has 18 heavy (non-hydrogen) atoms. The zero-order chi connectivity index (χ0) is 13.0. The van der Waals surface area contributed by atoms with Gasteiger partial charge < -0.3 is 5.73 Å². The molecular formula is C15H15BrFN. The summed E-state index contributed by atoms with van der Waals surface area (Å²) in [5, 5.41) is 0. The summed E-state index contributed by atoms with van der Waals surface area (Å²) in [5.74, 6) is -0.206. The Balaban J connectivity index is 1.98. The molecule has 1 nitrogen and oxygen atoms in total. The highest BCUT2D eigenvalue weighted by Gasteiger charge is 2.06. The smallest absolute Gasteiger partial charge is 0.123 e. The Kier molecular flexibility index (Phi) is 4.50. The average molecular weight is 308 g/mol. The molecule has 3 heteroatoms. The van der Waals surface area contributed by atoms with Gasteiger partial charge in [-0.25, -0.2) is 4.39 Å². The number of nitrogens with two attached hydrogens (primary N) is 1. The lowest BCUT2D eigenvalue weighted by Crippen LogP contribution is -2.25. The first-order valence-electron chi connectivity index (χ1n) is 5.88. The molecule has 0 aliphatic heterocycles. The van der Waals surface area contributed by atoms with Crippen LogP contribution in [0.25, 0.3) is 0 Å². The van der Waals surface area contributed by atoms with Gasteiger partial charge in [0.2, 0.25) is 0 Å². The van der Waals surface area contributed by atoms with E-state index in [4.69, 9.17) is 5.73 Å². The molecule has 0 radical (unpaired) electrons. The van der Waals surface area contributed by atoms with E-state index in [9.17, 15) is 4.39 Å². The van der Waals surface area contributed by atoms with E-state index in [1.165, 1.54) is 11.6 Å². The molecule has 1 atom stereocenters. The highest BCUT2D eigenvalue weighted by Crippen LogP contribution is 2.14. The zero-order valence-corrected chi connectivity index (χ0v) is 11.5. The Labute approximate surface area is 115 Å². The largest absolute Gasteiger partial charge is 0.327 e. The van der Waals surface area contributed by atoms with Gasteiger partial charge in [-0.3, -0.25) is 0 Å². The summed E-state index contributed by atoms with van der Waals surface area (Å²) in [5.41, 5.74) is 8.23. The second-order valence-electron chi connectivity index (χ2n) is 4.43. The zero-order valence-electron chi connectivity index (χ0n) is 9.94. The van der Waals surface area contributed by atoms with Crippen molar-refractivity contribution in [1.82, 2.24) is 0 Å². The van der Waals surface area contributed by atoms with Gasteiger partial charge in [0.05, 0.1) is 0 Å². The minimum atomic E-state index is -0.206. The van der Waals surface area contributed by atoms with E-state index in [-0.39, 0.29) is 11.9 Å². The Morgan fingerprint density at radius 1 is 1.00 bits per heavy atom. The molecule has 1 unspecified atom stereocenters. The molecule has 0 amide bonds. The van der Waals surface area contributed by atoms with Crippen LogP contribution in [0.1, 0.15) is 11.1 Å². The standard InChI is InChI=1S/C15H15BrFN/c16-13-5-1-3-11(7-13)9-15(18)10-12-4-2-6-14(17)8-12/h1-8,15H,9-10,18H2. The number of benzene rings is 2. The van der Waals surface area contributed by atoms with Gasteiger partial charge in [0.25, 0.3) is 0 Å². The summed E-state index contributed by atoms with van der Waals surface area (Å²) >= 11 is 3.44. The molecule has 2 aromatic carbocycles. The van der Waals surface area contributed by atoms with Crippen molar-refractivity contribution in [3.63, 3.8) is 0 Å². The third-order valence-electron chi connectivity index (χ3n) is 2.77. The second kappa shape index (κ2) is 6.12. The molecule has 2 N–H and O–H groups in total. The van der Waals surface area contributed by atoms with Crippen LogP contribution in [-0.2, 0) is 12.8 Å². The lowest BCUT2D eigenvalue weighted by molar-refractivity contribution is 0.618. The lowest BCUT2D eigenvalue weighted by atomic mass is 10.00. The minimum absolute atomic E-state index is 0.00102. The third kappa shape index (κ3) is 3.93. The van der Waals surface area contributed by atoms with Gasteiger partial charge in [-0.2, -0.15) is 0 Å². The summed E-state index contributed by atoms with van der Waals surface area (Å²) < 4.78 is 14.1. The Morgan fingerprint density at radius 3 is 2.22 bits per heavy atom. The van der Waals surface area contributed by atoms with Gasteiger partial charge in [-0.1, -0.05) is 40.2 Å². The maximum absolute atomic E-state index is 13.1. The molecule has 0 spiro atoms. The average Bonchev–Trinajstić information content (AvgIpc) is 2.28. The van der Waals surface area contributed by atoms with Crippen LogP contribution >= 0.6 is 15.9 Å². The van der Waals surface area contributed by atoms with Crippen LogP contribution in [0.4, 0.5) is 4.39 Å². The van der Waals surface area contributed by atoms with Crippen molar-refractivity contribution in [2.45, 2.75) is 18.9 Å². The molecular weight excluding hydrogens is 293 g/mol. The van der Waals surface area contributed by atoms with Crippen molar-refractivity contribution < 1.29 is 4.39 Å². The van der Waals surface area contributed by atoms with E-state index in [0.29, 0.717) is 6.42 Å². The van der Waals surface area contributed by atoms with Crippen LogP contribution in [0.2, 0.25) is 0 Å². The predicted molar refractivity (Wildman–Crippen MR) is 75.9 cm³/mol. The van der Waals surface area contributed by atoms with Gasteiger partial charge in [-0.05, 0) is 48.2 Å². The molecule has 0 heterocycles. The first-order chi connectivity index (χ1) is 8.63. The topological polar surface area (TPSA) is 26.0 Å². The van der Waals surface area contributed by atoms with Crippen LogP contribution < -0.4 is 5.73 Å². The fourth-order valence-electron chi connectivity index (χ4n) is 2.01. The van der Waals surface area contributed by atoms with Crippen LogP contribution in [0.5, 0.6) is 0 Å². The second-order valence-corrected chi connectivity index (χ2v) is 5.34. The fourth-order valence-corrected chi connectivity index (χ4v) is 2.45. The monoisotopic (exact) mass is 307 g/mol. The van der Waals surface area contributed by atoms with Crippen molar-refractivity contribution >= 4 is 15.9 Å². The Bertz CT molecular complexity index is 480. The molecule has 0 aromatic heterocycles. The van der Waals surface area contributed by atoms with E-state index in [2.05, 4.69) is 28.1 Å². The molecule has 94 valence electrons. The number of halogens is 2. The molecule has 2 aromatic rings. The normalized spacial score (nSPS) is 12.4. The summed E-state index contributed by atoms with van der Waals surface area (Å²) in [6.45, 7) is 0. The molecule has 0 aliphatic carbocycles. The summed E-state index contributed by atoms with van der Waals surface area (Å²) in [6, 6.07) is 14.7. The Hall–Kier alpha value is -1.19. The van der Waals surface area contributed by atoms with Crippen molar-refractivity contribution in [2.24, 2.45) is 5.73 Å². The third-order valence-corrected chi connectivity index (χ3v) is 3.27. The van der Waals surface area contributed by atoms with Crippen LogP contribution in [0.15, 0.2) is 53.0 Å². The molecule has 0 aliphatic rings. The van der Waals surface area contributed by atoms with Gasteiger partial charge in [0.1, 0.15) is 5.82 Å². The maximum Gasteiger partial charge on any atom is 0.123 e. The summed E-state index contributed by atoms with van der Waals surface area (Å²) in [4.78, 5) is 0. The molecule has 0 saturated heterocycles. The number of hydrogen-bond acceptors (Lipinski definition) is 1.